The van der Waals surface area contributed by atoms with Gasteiger partial charge in [0.2, 0.25) is 18.2 Å². The minimum atomic E-state index is -0.707. The first kappa shape index (κ1) is 48.0. The van der Waals surface area contributed by atoms with Gasteiger partial charge in [-0.3, -0.25) is 34.4 Å². The molecular weight excluding hydrogens is 900 g/mol. The third kappa shape index (κ3) is 9.61. The van der Waals surface area contributed by atoms with E-state index in [1.165, 1.54) is 0 Å². The van der Waals surface area contributed by atoms with Gasteiger partial charge in [0.15, 0.2) is 5.82 Å². The Morgan fingerprint density at radius 1 is 1.00 bits per heavy atom. The Kier molecular flexibility index (Phi) is 13.6. The number of carbonyl (C=O) groups is 4. The highest BCUT2D eigenvalue weighted by molar-refractivity contribution is 6.03. The first-order valence-corrected chi connectivity index (χ1v) is 25.3. The fourth-order valence-electron chi connectivity index (χ4n) is 11.5. The molecule has 3 aromatic carbocycles. The largest absolute Gasteiger partial charge is 0.463 e. The Hall–Kier alpha value is -6.70. The van der Waals surface area contributed by atoms with Crippen LogP contribution in [0.1, 0.15) is 80.3 Å². The summed E-state index contributed by atoms with van der Waals surface area (Å²) in [6, 6.07) is 16.9. The zero-order chi connectivity index (χ0) is 49.4. The molecule has 4 fully saturated rings. The third-order valence-corrected chi connectivity index (χ3v) is 15.6. The van der Waals surface area contributed by atoms with Crippen LogP contribution in [0.15, 0.2) is 60.8 Å². The summed E-state index contributed by atoms with van der Waals surface area (Å²) in [5, 5.41) is 7.86. The van der Waals surface area contributed by atoms with E-state index < -0.39 is 17.8 Å². The van der Waals surface area contributed by atoms with E-state index in [2.05, 4.69) is 38.2 Å². The van der Waals surface area contributed by atoms with Crippen LogP contribution in [0.2, 0.25) is 0 Å². The molecule has 2 aromatic heterocycles. The van der Waals surface area contributed by atoms with Gasteiger partial charge in [-0.15, -0.1) is 6.42 Å². The molecule has 370 valence electrons. The number of imide groups is 1. The van der Waals surface area contributed by atoms with Gasteiger partial charge in [-0.1, -0.05) is 56.5 Å². The van der Waals surface area contributed by atoms with Crippen molar-refractivity contribution in [2.24, 2.45) is 17.3 Å². The normalized spacial score (nSPS) is 20.7. The van der Waals surface area contributed by atoms with Crippen LogP contribution in [0.3, 0.4) is 0 Å². The maximum atomic E-state index is 17.1. The van der Waals surface area contributed by atoms with E-state index in [-0.39, 0.29) is 46.4 Å². The highest BCUT2D eigenvalue weighted by Crippen LogP contribution is 2.47. The van der Waals surface area contributed by atoms with Crippen molar-refractivity contribution in [1.29, 1.82) is 0 Å². The second kappa shape index (κ2) is 20.2. The first-order chi connectivity index (χ1) is 34.5. The first-order valence-electron chi connectivity index (χ1n) is 25.3. The SMILES string of the molecule is C#Cc1cccc2cccc(-c3ncc4c(N5CC(C)CC(NC)C5)nc(OCC5(CN6CCN(C(=O)C7CCN(c8ccc9c(c8)CN(C(CCC)C(=O)NC=O)C9=O)CC7)CC6)CC5)nc4c3F)c12. The summed E-state index contributed by atoms with van der Waals surface area (Å²) in [6.07, 6.45) is 13.7. The molecule has 6 heterocycles. The van der Waals surface area contributed by atoms with Crippen molar-refractivity contribution in [3.63, 3.8) is 0 Å². The molecule has 3 atom stereocenters. The highest BCUT2D eigenvalue weighted by Gasteiger charge is 2.46. The third-order valence-electron chi connectivity index (χ3n) is 15.6. The molecule has 3 unspecified atom stereocenters. The number of carbonyl (C=O) groups excluding carboxylic acids is 4. The van der Waals surface area contributed by atoms with Crippen LogP contribution < -0.4 is 25.2 Å². The molecule has 10 rings (SSSR count). The molecule has 2 N–H and O–H groups in total. The van der Waals surface area contributed by atoms with Crippen molar-refractivity contribution in [1.82, 2.24) is 40.3 Å². The lowest BCUT2D eigenvalue weighted by atomic mass is 9.94. The lowest BCUT2D eigenvalue weighted by molar-refractivity contribution is -0.138. The average molecular weight is 963 g/mol. The number of nitrogens with one attached hydrogen (secondary N) is 2. The smallest absolute Gasteiger partial charge is 0.319 e. The lowest BCUT2D eigenvalue weighted by Crippen LogP contribution is -2.52. The van der Waals surface area contributed by atoms with Gasteiger partial charge in [0.1, 0.15) is 23.1 Å². The summed E-state index contributed by atoms with van der Waals surface area (Å²) in [5.74, 6) is 2.73. The molecule has 5 aromatic rings. The molecule has 71 heavy (non-hydrogen) atoms. The van der Waals surface area contributed by atoms with Crippen LogP contribution in [0, 0.1) is 35.4 Å². The molecule has 4 amide bonds. The van der Waals surface area contributed by atoms with Gasteiger partial charge in [-0.05, 0) is 86.7 Å². The van der Waals surface area contributed by atoms with Crippen molar-refractivity contribution in [3.8, 4) is 29.6 Å². The van der Waals surface area contributed by atoms with Crippen molar-refractivity contribution in [2.75, 3.05) is 82.4 Å². The number of nitrogens with zero attached hydrogens (tertiary/aromatic N) is 8. The lowest BCUT2D eigenvalue weighted by Gasteiger charge is -2.40. The predicted octanol–water partition coefficient (Wildman–Crippen LogP) is 6.02. The van der Waals surface area contributed by atoms with Gasteiger partial charge in [-0.2, -0.15) is 9.97 Å². The van der Waals surface area contributed by atoms with Crippen LogP contribution in [-0.2, 0) is 20.9 Å². The number of aromatic nitrogens is 3. The Morgan fingerprint density at radius 3 is 2.49 bits per heavy atom. The van der Waals surface area contributed by atoms with E-state index in [1.54, 1.807) is 11.1 Å². The van der Waals surface area contributed by atoms with E-state index in [1.807, 2.05) is 73.5 Å². The number of rotatable bonds is 15. The predicted molar refractivity (Wildman–Crippen MR) is 271 cm³/mol. The van der Waals surface area contributed by atoms with Gasteiger partial charge in [0, 0.05) is 117 Å². The van der Waals surface area contributed by atoms with Gasteiger partial charge in [0.05, 0.1) is 12.0 Å². The number of likely N-dealkylation sites (N-methyl/N-ethyl adjacent to an activating group) is 1. The van der Waals surface area contributed by atoms with Crippen LogP contribution in [0.4, 0.5) is 15.9 Å². The van der Waals surface area contributed by atoms with Gasteiger partial charge < -0.3 is 29.7 Å². The number of ether oxygens (including phenoxy) is 1. The van der Waals surface area contributed by atoms with Crippen molar-refractivity contribution < 1.29 is 28.3 Å². The second-order valence-electron chi connectivity index (χ2n) is 20.5. The maximum absolute atomic E-state index is 17.1. The number of amides is 4. The summed E-state index contributed by atoms with van der Waals surface area (Å²) in [7, 11) is 1.97. The number of anilines is 2. The maximum Gasteiger partial charge on any atom is 0.319 e. The molecular formula is C55H63FN10O5. The van der Waals surface area contributed by atoms with Gasteiger partial charge >= 0.3 is 6.01 Å². The van der Waals surface area contributed by atoms with Crippen LogP contribution >= 0.6 is 0 Å². The van der Waals surface area contributed by atoms with Crippen molar-refractivity contribution >= 4 is 57.3 Å². The van der Waals surface area contributed by atoms with Crippen molar-refractivity contribution in [3.05, 3.63) is 83.3 Å². The molecule has 3 saturated heterocycles. The number of fused-ring (bicyclic) bond motifs is 3. The Morgan fingerprint density at radius 2 is 1.77 bits per heavy atom. The van der Waals surface area contributed by atoms with E-state index in [0.717, 1.165) is 93.4 Å². The number of piperazine rings is 1. The van der Waals surface area contributed by atoms with E-state index >= 15 is 4.39 Å². The molecule has 0 spiro atoms. The molecule has 15 nitrogen and oxygen atoms in total. The monoisotopic (exact) mass is 962 g/mol. The fourth-order valence-corrected chi connectivity index (χ4v) is 11.5. The average Bonchev–Trinajstić information content (AvgIpc) is 4.09. The van der Waals surface area contributed by atoms with Crippen LogP contribution in [0.5, 0.6) is 6.01 Å². The molecule has 16 heteroatoms. The van der Waals surface area contributed by atoms with E-state index in [0.29, 0.717) is 85.8 Å². The number of terminal acetylenes is 1. The minimum absolute atomic E-state index is 0.0492. The van der Waals surface area contributed by atoms with E-state index in [9.17, 15) is 19.2 Å². The highest BCUT2D eigenvalue weighted by atomic mass is 19.1. The number of benzene rings is 3. The molecule has 1 saturated carbocycles. The minimum Gasteiger partial charge on any atom is -0.463 e. The van der Waals surface area contributed by atoms with Crippen molar-refractivity contribution in [2.45, 2.75) is 77.4 Å². The van der Waals surface area contributed by atoms with Crippen LogP contribution in [-0.4, -0.2) is 138 Å². The summed E-state index contributed by atoms with van der Waals surface area (Å²) < 4.78 is 23.7. The summed E-state index contributed by atoms with van der Waals surface area (Å²) in [4.78, 5) is 75.9. The molecule has 4 aliphatic heterocycles. The van der Waals surface area contributed by atoms with Gasteiger partial charge in [-0.25, -0.2) is 4.39 Å². The summed E-state index contributed by atoms with van der Waals surface area (Å²) in [5.41, 5.74) is 3.97. The molecule has 0 radical (unpaired) electrons. The van der Waals surface area contributed by atoms with E-state index in [4.69, 9.17) is 26.1 Å². The second-order valence-corrected chi connectivity index (χ2v) is 20.5. The number of hydrogen-bond acceptors (Lipinski definition) is 12. The number of hydrogen-bond donors (Lipinski definition) is 2. The van der Waals surface area contributed by atoms with Crippen LogP contribution in [0.25, 0.3) is 32.9 Å². The summed E-state index contributed by atoms with van der Waals surface area (Å²) >= 11 is 0. The zero-order valence-electron chi connectivity index (χ0n) is 41.0. The molecule has 5 aliphatic rings. The topological polar surface area (TPSA) is 156 Å². The quantitative estimate of drug-likeness (QED) is 0.0932. The van der Waals surface area contributed by atoms with Gasteiger partial charge in [0.25, 0.3) is 5.91 Å². The fraction of sp³-hybridized carbons (Fsp3) is 0.473. The number of pyridine rings is 1. The number of piperidine rings is 2. The Bertz CT molecular complexity index is 2900. The Balaban J connectivity index is 0.773. The number of halogens is 1. The molecule has 1 aliphatic carbocycles. The standard InChI is InChI=1S/C55H63FN10O5/c1-5-9-45(51(68)59-34-67)66-30-39-27-41(14-15-42(39)53(66)70)63-20-16-38(17-21-63)52(69)64-24-22-62(23-25-64)32-55(18-19-55)33-71-54-60-49-44(50(61-54)65-29-35(3)26-40(31-65)57-4)28-58-48(47(49)56)43-13-8-12-37-11-7-10-36(6-2)46(37)43/h2,7-8,10-15,27-28,34-35,38,40,45,57H,5,9,16-26,29-33H2,1,3-4H3,(H,59,67,68). The zero-order valence-corrected chi connectivity index (χ0v) is 41.0. The Labute approximate surface area is 414 Å². The summed E-state index contributed by atoms with van der Waals surface area (Å²) in [6.45, 7) is 11.5. The molecule has 0 bridgehead atoms.